The molecule has 6 heteroatoms. The maximum absolute atomic E-state index is 12.8. The third kappa shape index (κ3) is 56.9. The molecule has 0 aromatic carbocycles. The first kappa shape index (κ1) is 67.1. The molecule has 0 saturated carbocycles. The van der Waals surface area contributed by atoms with E-state index in [9.17, 15) is 14.4 Å². The Labute approximate surface area is 438 Å². The fourth-order valence-electron chi connectivity index (χ4n) is 7.94. The zero-order valence-electron chi connectivity index (χ0n) is 46.2. The lowest BCUT2D eigenvalue weighted by atomic mass is 10.0. The molecular weight excluding hydrogens is 877 g/mol. The normalized spacial score (nSPS) is 12.9. The Morgan fingerprint density at radius 1 is 0.296 bits per heavy atom. The number of esters is 3. The summed E-state index contributed by atoms with van der Waals surface area (Å²) in [6, 6.07) is 0. The van der Waals surface area contributed by atoms with E-state index in [4.69, 9.17) is 14.2 Å². The number of ether oxygens (including phenoxy) is 3. The summed E-state index contributed by atoms with van der Waals surface area (Å²) in [5.74, 6) is -0.974. The molecule has 1 atom stereocenters. The number of carbonyl (C=O) groups excluding carboxylic acids is 3. The van der Waals surface area contributed by atoms with Gasteiger partial charge in [-0.2, -0.15) is 0 Å². The zero-order chi connectivity index (χ0) is 51.4. The van der Waals surface area contributed by atoms with Crippen molar-refractivity contribution >= 4 is 17.9 Å². The fraction of sp³-hybridized carbons (Fsp3) is 0.677. The van der Waals surface area contributed by atoms with Gasteiger partial charge in [-0.3, -0.25) is 14.4 Å². The van der Waals surface area contributed by atoms with Crippen LogP contribution in [0.3, 0.4) is 0 Å². The average Bonchev–Trinajstić information content (AvgIpc) is 3.37. The van der Waals surface area contributed by atoms with Gasteiger partial charge in [-0.25, -0.2) is 0 Å². The Kier molecular flexibility index (Phi) is 55.4. The minimum atomic E-state index is -0.815. The predicted octanol–water partition coefficient (Wildman–Crippen LogP) is 19.9. The van der Waals surface area contributed by atoms with Crippen LogP contribution >= 0.6 is 0 Å². The van der Waals surface area contributed by atoms with Gasteiger partial charge in [0.25, 0.3) is 0 Å². The highest BCUT2D eigenvalue weighted by Gasteiger charge is 2.19. The SMILES string of the molecule is CC/C=C\C/C=C\C/C=C\C/C=C\C/C=C\CCCC(=O)OC(COC(=O)CCCCCCCC/C=C\C/C=C\C/C=C\C/C=C\CC)COC(=O)CCCCCCCCCCCCCCCCCCC. The first-order valence-corrected chi connectivity index (χ1v) is 29.4. The number of allylic oxidation sites excluding steroid dienone is 18. The van der Waals surface area contributed by atoms with Crippen LogP contribution in [0.2, 0.25) is 0 Å². The van der Waals surface area contributed by atoms with Crippen LogP contribution in [-0.4, -0.2) is 37.2 Å². The van der Waals surface area contributed by atoms with Gasteiger partial charge in [0, 0.05) is 19.3 Å². The predicted molar refractivity (Wildman–Crippen MR) is 307 cm³/mol. The molecular formula is C65H108O6. The number of hydrogen-bond donors (Lipinski definition) is 0. The molecule has 0 aromatic rings. The average molecular weight is 986 g/mol. The summed E-state index contributed by atoms with van der Waals surface area (Å²) in [5, 5.41) is 0. The van der Waals surface area contributed by atoms with Crippen LogP contribution in [0.25, 0.3) is 0 Å². The quantitative estimate of drug-likeness (QED) is 0.0261. The van der Waals surface area contributed by atoms with Crippen molar-refractivity contribution < 1.29 is 28.6 Å². The lowest BCUT2D eigenvalue weighted by molar-refractivity contribution is -0.167. The maximum atomic E-state index is 12.8. The topological polar surface area (TPSA) is 78.9 Å². The molecule has 1 unspecified atom stereocenters. The van der Waals surface area contributed by atoms with Gasteiger partial charge >= 0.3 is 17.9 Å². The van der Waals surface area contributed by atoms with Crippen LogP contribution in [0.4, 0.5) is 0 Å². The summed E-state index contributed by atoms with van der Waals surface area (Å²) in [6.07, 6.45) is 79.4. The van der Waals surface area contributed by atoms with Crippen molar-refractivity contribution in [2.24, 2.45) is 0 Å². The van der Waals surface area contributed by atoms with Gasteiger partial charge in [0.2, 0.25) is 0 Å². The van der Waals surface area contributed by atoms with Gasteiger partial charge in [-0.15, -0.1) is 0 Å². The summed E-state index contributed by atoms with van der Waals surface area (Å²) < 4.78 is 16.8. The van der Waals surface area contributed by atoms with E-state index in [0.29, 0.717) is 19.3 Å². The Balaban J connectivity index is 4.49. The van der Waals surface area contributed by atoms with E-state index in [-0.39, 0.29) is 37.5 Å². The second-order valence-electron chi connectivity index (χ2n) is 19.1. The summed E-state index contributed by atoms with van der Waals surface area (Å²) in [6.45, 7) is 6.37. The van der Waals surface area contributed by atoms with Gasteiger partial charge < -0.3 is 14.2 Å². The molecule has 0 aliphatic heterocycles. The van der Waals surface area contributed by atoms with Crippen molar-refractivity contribution in [3.05, 3.63) is 109 Å². The minimum Gasteiger partial charge on any atom is -0.462 e. The number of hydrogen-bond acceptors (Lipinski definition) is 6. The molecule has 0 rings (SSSR count). The highest BCUT2D eigenvalue weighted by atomic mass is 16.6. The summed E-state index contributed by atoms with van der Waals surface area (Å²) in [4.78, 5) is 38.2. The molecule has 404 valence electrons. The van der Waals surface area contributed by atoms with Crippen molar-refractivity contribution in [1.29, 1.82) is 0 Å². The van der Waals surface area contributed by atoms with Crippen molar-refractivity contribution in [2.75, 3.05) is 13.2 Å². The van der Waals surface area contributed by atoms with Crippen molar-refractivity contribution in [2.45, 2.75) is 271 Å². The Morgan fingerprint density at radius 2 is 0.563 bits per heavy atom. The van der Waals surface area contributed by atoms with Gasteiger partial charge in [0.15, 0.2) is 6.10 Å². The molecule has 0 aromatic heterocycles. The maximum Gasteiger partial charge on any atom is 0.306 e. The largest absolute Gasteiger partial charge is 0.462 e. The molecule has 0 amide bonds. The summed E-state index contributed by atoms with van der Waals surface area (Å²) >= 11 is 0. The second-order valence-corrected chi connectivity index (χ2v) is 19.1. The number of unbranched alkanes of at least 4 members (excludes halogenated alkanes) is 23. The van der Waals surface area contributed by atoms with Crippen LogP contribution in [0.1, 0.15) is 265 Å². The molecule has 0 aliphatic rings. The van der Waals surface area contributed by atoms with Gasteiger partial charge in [0.1, 0.15) is 13.2 Å². The Morgan fingerprint density at radius 3 is 0.901 bits per heavy atom. The molecule has 71 heavy (non-hydrogen) atoms. The molecule has 0 N–H and O–H groups in total. The summed E-state index contributed by atoms with van der Waals surface area (Å²) in [7, 11) is 0. The molecule has 0 fully saturated rings. The van der Waals surface area contributed by atoms with Gasteiger partial charge in [-0.05, 0) is 96.3 Å². The van der Waals surface area contributed by atoms with Gasteiger partial charge in [-0.1, -0.05) is 259 Å². The van der Waals surface area contributed by atoms with Crippen LogP contribution in [0.5, 0.6) is 0 Å². The van der Waals surface area contributed by atoms with Crippen molar-refractivity contribution in [1.82, 2.24) is 0 Å². The van der Waals surface area contributed by atoms with Crippen molar-refractivity contribution in [3.8, 4) is 0 Å². The second kappa shape index (κ2) is 58.6. The fourth-order valence-corrected chi connectivity index (χ4v) is 7.94. The third-order valence-corrected chi connectivity index (χ3v) is 12.3. The first-order valence-electron chi connectivity index (χ1n) is 29.4. The molecule has 0 aliphatic carbocycles. The molecule has 0 spiro atoms. The van der Waals surface area contributed by atoms with Crippen LogP contribution < -0.4 is 0 Å². The Bertz CT molecular complexity index is 1460. The van der Waals surface area contributed by atoms with E-state index in [1.807, 2.05) is 0 Å². The molecule has 0 heterocycles. The standard InChI is InChI=1S/C65H108O6/c1-4-7-10-13-16-19-22-25-28-31-32-35-37-40-43-46-49-52-55-58-64(67)70-61-62(71-65(68)59-56-53-50-47-44-41-38-34-30-27-24-21-18-15-12-9-6-3)60-69-63(66)57-54-51-48-45-42-39-36-33-29-26-23-20-17-14-11-8-5-2/h7,9-10,12,16,18-19,21,25,27-28,30,32,35,38,41,47,50,62H,4-6,8,11,13-15,17,20,22-24,26,29,31,33-34,36-37,39-40,42-46,48-49,51-61H2,1-3H3/b10-7-,12-9-,19-16-,21-18-,28-25-,30-27-,35-32-,41-38-,50-47-. The van der Waals surface area contributed by atoms with E-state index in [1.165, 1.54) is 103 Å². The highest BCUT2D eigenvalue weighted by molar-refractivity contribution is 5.71. The smallest absolute Gasteiger partial charge is 0.306 e. The lowest BCUT2D eigenvalue weighted by Crippen LogP contribution is -2.30. The monoisotopic (exact) mass is 985 g/mol. The molecule has 0 radical (unpaired) electrons. The Hall–Kier alpha value is -3.93. The van der Waals surface area contributed by atoms with Crippen molar-refractivity contribution in [3.63, 3.8) is 0 Å². The van der Waals surface area contributed by atoms with E-state index in [1.54, 1.807) is 0 Å². The van der Waals surface area contributed by atoms with E-state index in [2.05, 4.69) is 130 Å². The summed E-state index contributed by atoms with van der Waals surface area (Å²) in [5.41, 5.74) is 0. The number of rotatable bonds is 52. The first-order chi connectivity index (χ1) is 35.0. The molecule has 6 nitrogen and oxygen atoms in total. The third-order valence-electron chi connectivity index (χ3n) is 12.3. The zero-order valence-corrected chi connectivity index (χ0v) is 46.2. The molecule has 0 saturated heterocycles. The van der Waals surface area contributed by atoms with Crippen LogP contribution in [-0.2, 0) is 28.6 Å². The van der Waals surface area contributed by atoms with E-state index in [0.717, 1.165) is 116 Å². The number of carbonyl (C=O) groups is 3. The van der Waals surface area contributed by atoms with E-state index >= 15 is 0 Å². The minimum absolute atomic E-state index is 0.105. The lowest BCUT2D eigenvalue weighted by Gasteiger charge is -2.18. The highest BCUT2D eigenvalue weighted by Crippen LogP contribution is 2.16. The van der Waals surface area contributed by atoms with Crippen LogP contribution in [0.15, 0.2) is 109 Å². The molecule has 0 bridgehead atoms. The van der Waals surface area contributed by atoms with Crippen LogP contribution in [0, 0.1) is 0 Å². The van der Waals surface area contributed by atoms with Gasteiger partial charge in [0.05, 0.1) is 0 Å². The van der Waals surface area contributed by atoms with E-state index < -0.39 is 6.10 Å².